The topological polar surface area (TPSA) is 21.7 Å². The first kappa shape index (κ1) is 14.6. The number of alkyl halides is 1. The Morgan fingerprint density at radius 3 is 2.78 bits per heavy atom. The van der Waals surface area contributed by atoms with Gasteiger partial charge in [-0.3, -0.25) is 0 Å². The third kappa shape index (κ3) is 4.09. The van der Waals surface area contributed by atoms with Crippen LogP contribution in [0, 0.1) is 0 Å². The third-order valence-electron chi connectivity index (χ3n) is 4.21. The van der Waals surface area contributed by atoms with E-state index in [0.29, 0.717) is 18.6 Å². The highest BCUT2D eigenvalue weighted by atomic mass is 35.5. The van der Waals surface area contributed by atoms with Crippen LogP contribution in [0.25, 0.3) is 0 Å². The number of ether oxygens (including phenoxy) is 2. The second-order valence-corrected chi connectivity index (χ2v) is 6.11. The van der Waals surface area contributed by atoms with Crippen LogP contribution >= 0.6 is 11.6 Å². The van der Waals surface area contributed by atoms with Crippen molar-refractivity contribution >= 4 is 11.6 Å². The number of likely N-dealkylation sites (N-methyl/N-ethyl adjacent to an activating group) is 1. The standard InChI is InChI=1S/C14H26ClNO2/c1-16(9-11-17-10-8-15)12-13-4-7-14(18-13)5-2-3-6-14/h13H,2-12H2,1H3. The van der Waals surface area contributed by atoms with Gasteiger partial charge in [-0.15, -0.1) is 11.6 Å². The lowest BCUT2D eigenvalue weighted by molar-refractivity contribution is -0.0465. The molecule has 1 aliphatic carbocycles. The summed E-state index contributed by atoms with van der Waals surface area (Å²) < 4.78 is 11.7. The SMILES string of the molecule is CN(CCOCCCl)CC1CCC2(CCCC2)O1. The lowest BCUT2D eigenvalue weighted by Crippen LogP contribution is -2.34. The molecule has 106 valence electrons. The van der Waals surface area contributed by atoms with E-state index >= 15 is 0 Å². The molecular formula is C14H26ClNO2. The Morgan fingerprint density at radius 1 is 1.28 bits per heavy atom. The van der Waals surface area contributed by atoms with Crippen molar-refractivity contribution in [1.29, 1.82) is 0 Å². The minimum Gasteiger partial charge on any atom is -0.379 e. The van der Waals surface area contributed by atoms with Crippen LogP contribution in [0.1, 0.15) is 38.5 Å². The Hall–Kier alpha value is 0.170. The smallest absolute Gasteiger partial charge is 0.0710 e. The van der Waals surface area contributed by atoms with Gasteiger partial charge in [0.25, 0.3) is 0 Å². The van der Waals surface area contributed by atoms with Gasteiger partial charge in [-0.05, 0) is 32.7 Å². The van der Waals surface area contributed by atoms with E-state index in [9.17, 15) is 0 Å². The van der Waals surface area contributed by atoms with Gasteiger partial charge < -0.3 is 14.4 Å². The predicted octanol–water partition coefficient (Wildman–Crippen LogP) is 2.67. The van der Waals surface area contributed by atoms with Gasteiger partial charge in [0, 0.05) is 19.0 Å². The summed E-state index contributed by atoms with van der Waals surface area (Å²) in [5.41, 5.74) is 0.265. The van der Waals surface area contributed by atoms with Gasteiger partial charge in [-0.25, -0.2) is 0 Å². The van der Waals surface area contributed by atoms with E-state index in [2.05, 4.69) is 11.9 Å². The minimum atomic E-state index is 0.265. The Balaban J connectivity index is 1.61. The molecule has 1 atom stereocenters. The van der Waals surface area contributed by atoms with E-state index in [0.717, 1.165) is 19.7 Å². The molecule has 0 aromatic carbocycles. The molecule has 1 heterocycles. The summed E-state index contributed by atoms with van der Waals surface area (Å²) in [7, 11) is 2.15. The monoisotopic (exact) mass is 275 g/mol. The van der Waals surface area contributed by atoms with E-state index in [1.54, 1.807) is 0 Å². The molecule has 3 nitrogen and oxygen atoms in total. The summed E-state index contributed by atoms with van der Waals surface area (Å²) in [5.74, 6) is 0.581. The maximum absolute atomic E-state index is 6.30. The summed E-state index contributed by atoms with van der Waals surface area (Å²) in [4.78, 5) is 2.31. The number of hydrogen-bond donors (Lipinski definition) is 0. The summed E-state index contributed by atoms with van der Waals surface area (Å²) in [6.07, 6.45) is 8.21. The number of rotatable bonds is 7. The van der Waals surface area contributed by atoms with Gasteiger partial charge in [-0.1, -0.05) is 12.8 Å². The molecule has 0 bridgehead atoms. The molecule has 4 heteroatoms. The van der Waals surface area contributed by atoms with Crippen molar-refractivity contribution in [2.45, 2.75) is 50.2 Å². The molecule has 1 saturated heterocycles. The van der Waals surface area contributed by atoms with Crippen molar-refractivity contribution in [3.05, 3.63) is 0 Å². The molecule has 2 fully saturated rings. The van der Waals surface area contributed by atoms with Crippen LogP contribution < -0.4 is 0 Å². The first-order valence-electron chi connectivity index (χ1n) is 7.24. The molecule has 0 aromatic rings. The summed E-state index contributed by atoms with van der Waals surface area (Å²) in [5, 5.41) is 0. The quantitative estimate of drug-likeness (QED) is 0.527. The molecule has 0 N–H and O–H groups in total. The molecule has 0 aromatic heterocycles. The summed E-state index contributed by atoms with van der Waals surface area (Å²) in [6, 6.07) is 0. The lowest BCUT2D eigenvalue weighted by Gasteiger charge is -2.26. The van der Waals surface area contributed by atoms with Crippen LogP contribution in [0.2, 0.25) is 0 Å². The fraction of sp³-hybridized carbons (Fsp3) is 1.00. The number of halogens is 1. The molecule has 0 amide bonds. The normalized spacial score (nSPS) is 26.5. The van der Waals surface area contributed by atoms with Gasteiger partial charge in [0.15, 0.2) is 0 Å². The van der Waals surface area contributed by atoms with Crippen LogP contribution in [0.3, 0.4) is 0 Å². The van der Waals surface area contributed by atoms with Crippen LogP contribution in [0.5, 0.6) is 0 Å². The zero-order valence-corrected chi connectivity index (χ0v) is 12.3. The first-order chi connectivity index (χ1) is 8.74. The van der Waals surface area contributed by atoms with Crippen LogP contribution in [0.15, 0.2) is 0 Å². The molecule has 2 rings (SSSR count). The zero-order valence-electron chi connectivity index (χ0n) is 11.5. The van der Waals surface area contributed by atoms with E-state index in [-0.39, 0.29) is 5.60 Å². The van der Waals surface area contributed by atoms with Crippen molar-refractivity contribution in [2.24, 2.45) is 0 Å². The van der Waals surface area contributed by atoms with Crippen molar-refractivity contribution in [2.75, 3.05) is 39.2 Å². The highest BCUT2D eigenvalue weighted by molar-refractivity contribution is 6.17. The highest BCUT2D eigenvalue weighted by Gasteiger charge is 2.42. The van der Waals surface area contributed by atoms with Crippen molar-refractivity contribution in [3.63, 3.8) is 0 Å². The average Bonchev–Trinajstić information content (AvgIpc) is 2.96. The van der Waals surface area contributed by atoms with Crippen LogP contribution in [-0.2, 0) is 9.47 Å². The van der Waals surface area contributed by atoms with Gasteiger partial charge in [-0.2, -0.15) is 0 Å². The fourth-order valence-corrected chi connectivity index (χ4v) is 3.34. The average molecular weight is 276 g/mol. The number of hydrogen-bond acceptors (Lipinski definition) is 3. The van der Waals surface area contributed by atoms with Crippen molar-refractivity contribution in [3.8, 4) is 0 Å². The molecule has 0 radical (unpaired) electrons. The minimum absolute atomic E-state index is 0.265. The van der Waals surface area contributed by atoms with Gasteiger partial charge in [0.1, 0.15) is 0 Å². The van der Waals surface area contributed by atoms with Gasteiger partial charge in [0.2, 0.25) is 0 Å². The Bertz CT molecular complexity index is 244. The molecule has 2 aliphatic rings. The van der Waals surface area contributed by atoms with E-state index in [4.69, 9.17) is 21.1 Å². The van der Waals surface area contributed by atoms with E-state index in [1.165, 1.54) is 38.5 Å². The second-order valence-electron chi connectivity index (χ2n) is 5.73. The summed E-state index contributed by atoms with van der Waals surface area (Å²) >= 11 is 5.56. The molecule has 18 heavy (non-hydrogen) atoms. The number of nitrogens with zero attached hydrogens (tertiary/aromatic N) is 1. The van der Waals surface area contributed by atoms with Gasteiger partial charge in [0.05, 0.1) is 24.9 Å². The lowest BCUT2D eigenvalue weighted by atomic mass is 9.98. The predicted molar refractivity (Wildman–Crippen MR) is 74.3 cm³/mol. The van der Waals surface area contributed by atoms with Crippen molar-refractivity contribution in [1.82, 2.24) is 4.90 Å². The Kier molecular flexibility index (Phi) is 5.74. The Labute approximate surface area is 116 Å². The van der Waals surface area contributed by atoms with Crippen LogP contribution in [-0.4, -0.2) is 55.8 Å². The molecular weight excluding hydrogens is 250 g/mol. The van der Waals surface area contributed by atoms with E-state index < -0.39 is 0 Å². The molecule has 1 saturated carbocycles. The maximum atomic E-state index is 6.30. The zero-order chi connectivity index (χ0) is 12.8. The van der Waals surface area contributed by atoms with Crippen LogP contribution in [0.4, 0.5) is 0 Å². The Morgan fingerprint density at radius 2 is 2.06 bits per heavy atom. The van der Waals surface area contributed by atoms with E-state index in [1.807, 2.05) is 0 Å². The largest absolute Gasteiger partial charge is 0.379 e. The highest BCUT2D eigenvalue weighted by Crippen LogP contribution is 2.43. The maximum Gasteiger partial charge on any atom is 0.0710 e. The van der Waals surface area contributed by atoms with Crippen molar-refractivity contribution < 1.29 is 9.47 Å². The molecule has 1 unspecified atom stereocenters. The summed E-state index contributed by atoms with van der Waals surface area (Å²) in [6.45, 7) is 3.41. The second kappa shape index (κ2) is 7.09. The first-order valence-corrected chi connectivity index (χ1v) is 7.78. The molecule has 1 aliphatic heterocycles. The third-order valence-corrected chi connectivity index (χ3v) is 4.36. The fourth-order valence-electron chi connectivity index (χ4n) is 3.23. The van der Waals surface area contributed by atoms with Gasteiger partial charge >= 0.3 is 0 Å². The molecule has 1 spiro atoms.